The normalized spacial score (nSPS) is 20.3. The first-order valence-electron chi connectivity index (χ1n) is 6.46. The van der Waals surface area contributed by atoms with Crippen LogP contribution in [0.15, 0.2) is 24.3 Å². The molecule has 1 aromatic rings. The molecule has 4 nitrogen and oxygen atoms in total. The molecule has 0 radical (unpaired) electrons. The minimum atomic E-state index is -0.763. The topological polar surface area (TPSA) is 66.6 Å². The van der Waals surface area contributed by atoms with Crippen molar-refractivity contribution >= 4 is 11.7 Å². The second-order valence-corrected chi connectivity index (χ2v) is 4.89. The Morgan fingerprint density at radius 3 is 2.94 bits per heavy atom. The number of carboxylic acid groups (broad SMARTS) is 1. The molecule has 1 aliphatic rings. The van der Waals surface area contributed by atoms with Crippen molar-refractivity contribution in [2.45, 2.75) is 38.3 Å². The van der Waals surface area contributed by atoms with Crippen LogP contribution < -0.4 is 10.6 Å². The second kappa shape index (κ2) is 5.40. The fourth-order valence-corrected chi connectivity index (χ4v) is 2.64. The molecule has 0 aromatic heterocycles. The Labute approximate surface area is 107 Å². The smallest absolute Gasteiger partial charge is 0.326 e. The summed E-state index contributed by atoms with van der Waals surface area (Å²) < 4.78 is 0. The molecule has 4 heteroatoms. The van der Waals surface area contributed by atoms with Crippen LogP contribution in [0.1, 0.15) is 25.3 Å². The van der Waals surface area contributed by atoms with E-state index in [1.54, 1.807) is 0 Å². The SMILES string of the molecule is CCCC(C(=O)O)N1CC(N)Cc2ccccc21. The number of carboxylic acids is 1. The fourth-order valence-electron chi connectivity index (χ4n) is 2.64. The van der Waals surface area contributed by atoms with Crippen molar-refractivity contribution in [1.29, 1.82) is 0 Å². The van der Waals surface area contributed by atoms with Gasteiger partial charge in [-0.3, -0.25) is 0 Å². The molecular weight excluding hydrogens is 228 g/mol. The maximum absolute atomic E-state index is 11.4. The molecule has 3 N–H and O–H groups in total. The molecule has 0 saturated carbocycles. The van der Waals surface area contributed by atoms with Crippen molar-refractivity contribution in [2.75, 3.05) is 11.4 Å². The zero-order valence-electron chi connectivity index (χ0n) is 10.7. The van der Waals surface area contributed by atoms with Crippen molar-refractivity contribution in [3.8, 4) is 0 Å². The molecule has 2 atom stereocenters. The Bertz CT molecular complexity index is 434. The Hall–Kier alpha value is -1.55. The van der Waals surface area contributed by atoms with Gasteiger partial charge in [-0.25, -0.2) is 4.79 Å². The molecular formula is C14H20N2O2. The largest absolute Gasteiger partial charge is 0.480 e. The van der Waals surface area contributed by atoms with Gasteiger partial charge in [-0.15, -0.1) is 0 Å². The number of hydrogen-bond acceptors (Lipinski definition) is 3. The van der Waals surface area contributed by atoms with Gasteiger partial charge in [0, 0.05) is 18.3 Å². The monoisotopic (exact) mass is 248 g/mol. The maximum atomic E-state index is 11.4. The molecule has 0 bridgehead atoms. The van der Waals surface area contributed by atoms with Crippen molar-refractivity contribution in [3.05, 3.63) is 29.8 Å². The van der Waals surface area contributed by atoms with Gasteiger partial charge in [-0.1, -0.05) is 31.5 Å². The Balaban J connectivity index is 2.34. The number of hydrogen-bond donors (Lipinski definition) is 2. The van der Waals surface area contributed by atoms with E-state index in [2.05, 4.69) is 0 Å². The molecule has 98 valence electrons. The molecule has 0 aliphatic carbocycles. The summed E-state index contributed by atoms with van der Waals surface area (Å²) >= 11 is 0. The number of benzene rings is 1. The molecule has 1 heterocycles. The lowest BCUT2D eigenvalue weighted by Gasteiger charge is -2.38. The third-order valence-electron chi connectivity index (χ3n) is 3.44. The van der Waals surface area contributed by atoms with Gasteiger partial charge in [0.25, 0.3) is 0 Å². The number of para-hydroxylation sites is 1. The van der Waals surface area contributed by atoms with Gasteiger partial charge in [0.15, 0.2) is 0 Å². The fraction of sp³-hybridized carbons (Fsp3) is 0.500. The highest BCUT2D eigenvalue weighted by Crippen LogP contribution is 2.29. The van der Waals surface area contributed by atoms with E-state index in [-0.39, 0.29) is 6.04 Å². The predicted octanol–water partition coefficient (Wildman–Crippen LogP) is 1.63. The van der Waals surface area contributed by atoms with Gasteiger partial charge in [-0.2, -0.15) is 0 Å². The third kappa shape index (κ3) is 2.48. The summed E-state index contributed by atoms with van der Waals surface area (Å²) in [5.41, 5.74) is 8.22. The van der Waals surface area contributed by atoms with Gasteiger partial charge < -0.3 is 15.7 Å². The van der Waals surface area contributed by atoms with Crippen molar-refractivity contribution in [2.24, 2.45) is 5.73 Å². The van der Waals surface area contributed by atoms with E-state index >= 15 is 0 Å². The van der Waals surface area contributed by atoms with E-state index in [1.165, 1.54) is 0 Å². The maximum Gasteiger partial charge on any atom is 0.326 e. The average Bonchev–Trinajstić information content (AvgIpc) is 2.34. The summed E-state index contributed by atoms with van der Waals surface area (Å²) in [7, 11) is 0. The van der Waals surface area contributed by atoms with Crippen LogP contribution in [0.25, 0.3) is 0 Å². The number of fused-ring (bicyclic) bond motifs is 1. The molecule has 18 heavy (non-hydrogen) atoms. The molecule has 0 amide bonds. The number of anilines is 1. The minimum absolute atomic E-state index is 0.0126. The predicted molar refractivity (Wildman–Crippen MR) is 71.8 cm³/mol. The minimum Gasteiger partial charge on any atom is -0.480 e. The number of carbonyl (C=O) groups is 1. The summed E-state index contributed by atoms with van der Waals surface area (Å²) in [4.78, 5) is 13.4. The first-order chi connectivity index (χ1) is 8.63. The highest BCUT2D eigenvalue weighted by molar-refractivity contribution is 5.79. The van der Waals surface area contributed by atoms with Crippen LogP contribution in [0.2, 0.25) is 0 Å². The van der Waals surface area contributed by atoms with Crippen molar-refractivity contribution < 1.29 is 9.90 Å². The van der Waals surface area contributed by atoms with Crippen LogP contribution in [-0.4, -0.2) is 29.7 Å². The summed E-state index contributed by atoms with van der Waals surface area (Å²) in [5, 5.41) is 9.39. The van der Waals surface area contributed by atoms with E-state index in [4.69, 9.17) is 5.73 Å². The Morgan fingerprint density at radius 2 is 2.28 bits per heavy atom. The summed E-state index contributed by atoms with van der Waals surface area (Å²) in [6, 6.07) is 7.50. The number of nitrogens with zero attached hydrogens (tertiary/aromatic N) is 1. The van der Waals surface area contributed by atoms with Gasteiger partial charge in [-0.05, 0) is 24.5 Å². The molecule has 1 aromatic carbocycles. The average molecular weight is 248 g/mol. The molecule has 2 rings (SSSR count). The van der Waals surface area contributed by atoms with E-state index in [0.29, 0.717) is 13.0 Å². The van der Waals surface area contributed by atoms with Gasteiger partial charge in [0.2, 0.25) is 0 Å². The number of rotatable bonds is 4. The van der Waals surface area contributed by atoms with E-state index in [1.807, 2.05) is 36.1 Å². The number of nitrogens with two attached hydrogens (primary N) is 1. The number of aliphatic carboxylic acids is 1. The van der Waals surface area contributed by atoms with Crippen LogP contribution in [0.3, 0.4) is 0 Å². The molecule has 0 saturated heterocycles. The lowest BCUT2D eigenvalue weighted by molar-refractivity contribution is -0.138. The first-order valence-corrected chi connectivity index (χ1v) is 6.46. The third-order valence-corrected chi connectivity index (χ3v) is 3.44. The van der Waals surface area contributed by atoms with E-state index < -0.39 is 12.0 Å². The molecule has 0 fully saturated rings. The van der Waals surface area contributed by atoms with Crippen LogP contribution in [0.5, 0.6) is 0 Å². The van der Waals surface area contributed by atoms with Gasteiger partial charge in [0.05, 0.1) is 0 Å². The second-order valence-electron chi connectivity index (χ2n) is 4.89. The highest BCUT2D eigenvalue weighted by Gasteiger charge is 2.30. The Morgan fingerprint density at radius 1 is 1.56 bits per heavy atom. The quantitative estimate of drug-likeness (QED) is 0.850. The van der Waals surface area contributed by atoms with Crippen molar-refractivity contribution in [3.63, 3.8) is 0 Å². The van der Waals surface area contributed by atoms with Crippen LogP contribution in [0.4, 0.5) is 5.69 Å². The van der Waals surface area contributed by atoms with Crippen molar-refractivity contribution in [1.82, 2.24) is 0 Å². The van der Waals surface area contributed by atoms with Crippen LogP contribution in [-0.2, 0) is 11.2 Å². The van der Waals surface area contributed by atoms with E-state index in [9.17, 15) is 9.90 Å². The Kier molecular flexibility index (Phi) is 3.87. The summed E-state index contributed by atoms with van der Waals surface area (Å²) in [6.45, 7) is 2.62. The molecule has 1 aliphatic heterocycles. The lowest BCUT2D eigenvalue weighted by Crippen LogP contribution is -2.51. The lowest BCUT2D eigenvalue weighted by atomic mass is 9.96. The highest BCUT2D eigenvalue weighted by atomic mass is 16.4. The van der Waals surface area contributed by atoms with Gasteiger partial charge >= 0.3 is 5.97 Å². The zero-order chi connectivity index (χ0) is 13.1. The van der Waals surface area contributed by atoms with E-state index in [0.717, 1.165) is 24.1 Å². The van der Waals surface area contributed by atoms with Gasteiger partial charge in [0.1, 0.15) is 6.04 Å². The van der Waals surface area contributed by atoms with Crippen LogP contribution in [0, 0.1) is 0 Å². The molecule has 2 unspecified atom stereocenters. The molecule has 0 spiro atoms. The summed E-state index contributed by atoms with van der Waals surface area (Å²) in [5.74, 6) is -0.763. The van der Waals surface area contributed by atoms with Crippen LogP contribution >= 0.6 is 0 Å². The first kappa shape index (κ1) is 12.9. The zero-order valence-corrected chi connectivity index (χ0v) is 10.7. The standard InChI is InChI=1S/C14H20N2O2/c1-2-5-13(14(17)18)16-9-11(15)8-10-6-3-4-7-12(10)16/h3-4,6-7,11,13H,2,5,8-9,15H2,1H3,(H,17,18). The summed E-state index contributed by atoms with van der Waals surface area (Å²) in [6.07, 6.45) is 2.33.